The van der Waals surface area contributed by atoms with Crippen LogP contribution in [0.5, 0.6) is 0 Å². The van der Waals surface area contributed by atoms with Crippen LogP contribution in [0.4, 0.5) is 5.69 Å². The Kier molecular flexibility index (Phi) is 2.00. The molecule has 1 aliphatic heterocycles. The molecule has 0 amide bonds. The Labute approximate surface area is 76.5 Å². The van der Waals surface area contributed by atoms with Gasteiger partial charge in [0.15, 0.2) is 0 Å². The van der Waals surface area contributed by atoms with Crippen molar-refractivity contribution in [3.05, 3.63) is 29.3 Å². The van der Waals surface area contributed by atoms with E-state index in [1.807, 2.05) is 30.6 Å². The van der Waals surface area contributed by atoms with E-state index >= 15 is 0 Å². The molecule has 0 saturated carbocycles. The zero-order valence-corrected chi connectivity index (χ0v) is 7.33. The molecule has 2 nitrogen and oxygen atoms in total. The molecule has 0 bridgehead atoms. The first kappa shape index (κ1) is 7.62. The van der Waals surface area contributed by atoms with Crippen LogP contribution in [0.1, 0.15) is 0 Å². The van der Waals surface area contributed by atoms with E-state index in [-0.39, 0.29) is 0 Å². The fourth-order valence-electron chi connectivity index (χ4n) is 1.25. The summed E-state index contributed by atoms with van der Waals surface area (Å²) in [5.41, 5.74) is 1.04. The molecular weight excluding hydrogens is 172 g/mol. The van der Waals surface area contributed by atoms with E-state index in [1.54, 1.807) is 0 Å². The van der Waals surface area contributed by atoms with Gasteiger partial charge in [-0.15, -0.1) is 0 Å². The lowest BCUT2D eigenvalue weighted by atomic mass is 10.3. The summed E-state index contributed by atoms with van der Waals surface area (Å²) in [6.07, 6.45) is 1.83. The second kappa shape index (κ2) is 3.15. The Morgan fingerprint density at radius 1 is 1.33 bits per heavy atom. The fourth-order valence-corrected chi connectivity index (χ4v) is 1.49. The van der Waals surface area contributed by atoms with Crippen LogP contribution < -0.4 is 4.90 Å². The summed E-state index contributed by atoms with van der Waals surface area (Å²) in [6.45, 7) is 1.80. The lowest BCUT2D eigenvalue weighted by molar-refractivity contribution is 1.02. The predicted molar refractivity (Wildman–Crippen MR) is 52.2 cm³/mol. The number of hydrogen-bond acceptors (Lipinski definition) is 2. The molecule has 3 heteroatoms. The first-order chi connectivity index (χ1) is 5.88. The van der Waals surface area contributed by atoms with E-state index in [0.717, 1.165) is 23.8 Å². The van der Waals surface area contributed by atoms with Gasteiger partial charge in [0.25, 0.3) is 0 Å². The Morgan fingerprint density at radius 3 is 2.83 bits per heavy atom. The van der Waals surface area contributed by atoms with Crippen LogP contribution in [-0.4, -0.2) is 19.4 Å². The molecule has 0 radical (unpaired) electrons. The van der Waals surface area contributed by atoms with Crippen LogP contribution in [0.25, 0.3) is 0 Å². The molecule has 2 rings (SSSR count). The molecule has 12 heavy (non-hydrogen) atoms. The van der Waals surface area contributed by atoms with Crippen molar-refractivity contribution >= 4 is 23.6 Å². The highest BCUT2D eigenvalue weighted by molar-refractivity contribution is 6.33. The Bertz CT molecular complexity index is 309. The van der Waals surface area contributed by atoms with Gasteiger partial charge in [-0.3, -0.25) is 4.99 Å². The summed E-state index contributed by atoms with van der Waals surface area (Å²) in [7, 11) is 0. The third kappa shape index (κ3) is 1.30. The average Bonchev–Trinajstić information content (AvgIpc) is 2.57. The van der Waals surface area contributed by atoms with Gasteiger partial charge < -0.3 is 4.90 Å². The van der Waals surface area contributed by atoms with Crippen LogP contribution in [0.15, 0.2) is 29.3 Å². The molecule has 62 valence electrons. The maximum atomic E-state index is 6.00. The third-order valence-electron chi connectivity index (χ3n) is 1.85. The van der Waals surface area contributed by atoms with Crippen molar-refractivity contribution in [3.8, 4) is 0 Å². The van der Waals surface area contributed by atoms with Crippen LogP contribution in [0.3, 0.4) is 0 Å². The molecule has 0 aromatic heterocycles. The second-order valence-corrected chi connectivity index (χ2v) is 3.07. The van der Waals surface area contributed by atoms with Crippen molar-refractivity contribution in [2.45, 2.75) is 0 Å². The predicted octanol–water partition coefficient (Wildman–Crippen LogP) is 2.19. The zero-order chi connectivity index (χ0) is 8.39. The topological polar surface area (TPSA) is 15.6 Å². The van der Waals surface area contributed by atoms with Crippen molar-refractivity contribution in [1.82, 2.24) is 0 Å². The molecule has 0 aliphatic carbocycles. The summed E-state index contributed by atoms with van der Waals surface area (Å²) in [5, 5.41) is 0.783. The lowest BCUT2D eigenvalue weighted by Crippen LogP contribution is -2.18. The smallest absolute Gasteiger partial charge is 0.0896 e. The van der Waals surface area contributed by atoms with Gasteiger partial charge in [0, 0.05) is 6.54 Å². The van der Waals surface area contributed by atoms with Crippen LogP contribution in [0, 0.1) is 0 Å². The minimum Gasteiger partial charge on any atom is -0.330 e. The number of nitrogens with zero attached hydrogens (tertiary/aromatic N) is 2. The number of benzene rings is 1. The Morgan fingerprint density at radius 2 is 2.17 bits per heavy atom. The maximum Gasteiger partial charge on any atom is 0.0896 e. The number of rotatable bonds is 1. The van der Waals surface area contributed by atoms with Crippen molar-refractivity contribution in [2.75, 3.05) is 18.0 Å². The van der Waals surface area contributed by atoms with Crippen molar-refractivity contribution in [2.24, 2.45) is 4.99 Å². The van der Waals surface area contributed by atoms with Crippen molar-refractivity contribution < 1.29 is 0 Å². The average molecular weight is 181 g/mol. The van der Waals surface area contributed by atoms with E-state index in [1.165, 1.54) is 0 Å². The van der Waals surface area contributed by atoms with Gasteiger partial charge in [-0.05, 0) is 12.1 Å². The van der Waals surface area contributed by atoms with Crippen molar-refractivity contribution in [1.29, 1.82) is 0 Å². The standard InChI is InChI=1S/C9H9ClN2/c10-8-3-1-2-4-9(8)12-6-5-11-7-12/h1-4,7H,5-6H2. The molecular formula is C9H9ClN2. The van der Waals surface area contributed by atoms with E-state index in [2.05, 4.69) is 9.89 Å². The lowest BCUT2D eigenvalue weighted by Gasteiger charge is -2.14. The minimum atomic E-state index is 0.783. The van der Waals surface area contributed by atoms with Crippen LogP contribution in [-0.2, 0) is 0 Å². The van der Waals surface area contributed by atoms with E-state index in [4.69, 9.17) is 11.6 Å². The number of aliphatic imine (C=N–C) groups is 1. The molecule has 0 atom stereocenters. The van der Waals surface area contributed by atoms with Gasteiger partial charge in [-0.2, -0.15) is 0 Å². The number of halogens is 1. The van der Waals surface area contributed by atoms with Gasteiger partial charge in [-0.1, -0.05) is 23.7 Å². The molecule has 1 aromatic rings. The van der Waals surface area contributed by atoms with Gasteiger partial charge in [0.2, 0.25) is 0 Å². The van der Waals surface area contributed by atoms with Gasteiger partial charge >= 0.3 is 0 Å². The van der Waals surface area contributed by atoms with Crippen molar-refractivity contribution in [3.63, 3.8) is 0 Å². The SMILES string of the molecule is Clc1ccccc1N1C=NCC1. The highest BCUT2D eigenvalue weighted by atomic mass is 35.5. The van der Waals surface area contributed by atoms with E-state index < -0.39 is 0 Å². The monoisotopic (exact) mass is 180 g/mol. The minimum absolute atomic E-state index is 0.783. The summed E-state index contributed by atoms with van der Waals surface area (Å²) in [4.78, 5) is 6.18. The molecule has 0 spiro atoms. The largest absolute Gasteiger partial charge is 0.330 e. The summed E-state index contributed by atoms with van der Waals surface area (Å²) in [5.74, 6) is 0. The molecule has 0 unspecified atom stereocenters. The first-order valence-electron chi connectivity index (χ1n) is 3.89. The van der Waals surface area contributed by atoms with Crippen LogP contribution in [0.2, 0.25) is 5.02 Å². The highest BCUT2D eigenvalue weighted by Gasteiger charge is 2.09. The molecule has 1 aromatic carbocycles. The summed E-state index contributed by atoms with van der Waals surface area (Å²) in [6, 6.07) is 7.80. The fraction of sp³-hybridized carbons (Fsp3) is 0.222. The van der Waals surface area contributed by atoms with Gasteiger partial charge in [0.05, 0.1) is 23.6 Å². The Hall–Kier alpha value is -1.02. The highest BCUT2D eigenvalue weighted by Crippen LogP contribution is 2.24. The van der Waals surface area contributed by atoms with E-state index in [0.29, 0.717) is 0 Å². The van der Waals surface area contributed by atoms with Gasteiger partial charge in [-0.25, -0.2) is 0 Å². The maximum absolute atomic E-state index is 6.00. The third-order valence-corrected chi connectivity index (χ3v) is 2.17. The normalized spacial score (nSPS) is 15.6. The van der Waals surface area contributed by atoms with Crippen LogP contribution >= 0.6 is 11.6 Å². The molecule has 0 saturated heterocycles. The quantitative estimate of drug-likeness (QED) is 0.647. The number of hydrogen-bond donors (Lipinski definition) is 0. The summed E-state index contributed by atoms with van der Waals surface area (Å²) < 4.78 is 0. The van der Waals surface area contributed by atoms with Gasteiger partial charge in [0.1, 0.15) is 0 Å². The molecule has 1 heterocycles. The molecule has 0 N–H and O–H groups in total. The molecule has 1 aliphatic rings. The second-order valence-electron chi connectivity index (χ2n) is 2.67. The Balaban J connectivity index is 2.33. The van der Waals surface area contributed by atoms with E-state index in [9.17, 15) is 0 Å². The summed E-state index contributed by atoms with van der Waals surface area (Å²) >= 11 is 6.00. The number of para-hydroxylation sites is 1. The molecule has 0 fully saturated rings. The zero-order valence-electron chi connectivity index (χ0n) is 6.57. The number of anilines is 1. The first-order valence-corrected chi connectivity index (χ1v) is 4.27.